The molecular formula is C25H38Cl3N5O4. The molecule has 2 rings (SSSR count). The summed E-state index contributed by atoms with van der Waals surface area (Å²) in [6, 6.07) is 4.20. The number of ether oxygens (including phenoxy) is 1. The lowest BCUT2D eigenvalue weighted by Crippen LogP contribution is -2.53. The van der Waals surface area contributed by atoms with E-state index in [0.29, 0.717) is 37.1 Å². The maximum atomic E-state index is 13.2. The van der Waals surface area contributed by atoms with Crippen LogP contribution in [-0.2, 0) is 32.6 Å². The number of halogens is 3. The van der Waals surface area contributed by atoms with Crippen molar-refractivity contribution < 1.29 is 19.1 Å². The summed E-state index contributed by atoms with van der Waals surface area (Å²) in [7, 11) is 1.86. The Morgan fingerprint density at radius 1 is 1.11 bits per heavy atom. The molecule has 0 saturated carbocycles. The topological polar surface area (TPSA) is 106 Å². The minimum Gasteiger partial charge on any atom is -0.464 e. The predicted molar refractivity (Wildman–Crippen MR) is 151 cm³/mol. The summed E-state index contributed by atoms with van der Waals surface area (Å²) in [5.41, 5.74) is 2.59. The molecule has 0 fully saturated rings. The zero-order valence-electron chi connectivity index (χ0n) is 22.1. The molecule has 2 amide bonds. The quantitative estimate of drug-likeness (QED) is 0.263. The summed E-state index contributed by atoms with van der Waals surface area (Å²) >= 11 is 11.9. The van der Waals surface area contributed by atoms with Crippen LogP contribution in [0.25, 0.3) is 11.0 Å². The molecule has 12 heteroatoms. The molecule has 2 N–H and O–H groups in total. The highest BCUT2D eigenvalue weighted by atomic mass is 35.5. The first-order valence-corrected chi connectivity index (χ1v) is 13.2. The number of nitrogens with one attached hydrogen (secondary N) is 2. The average Bonchev–Trinajstić information content (AvgIpc) is 3.12. The van der Waals surface area contributed by atoms with Crippen molar-refractivity contribution in [3.63, 3.8) is 0 Å². The van der Waals surface area contributed by atoms with Gasteiger partial charge in [-0.05, 0) is 37.5 Å². The fourth-order valence-corrected chi connectivity index (χ4v) is 4.44. The normalized spacial score (nSPS) is 12.5. The van der Waals surface area contributed by atoms with Crippen molar-refractivity contribution in [3.8, 4) is 0 Å². The largest absolute Gasteiger partial charge is 0.464 e. The molecule has 9 nitrogen and oxygen atoms in total. The molecule has 2 unspecified atom stereocenters. The number of hydrogen-bond acceptors (Lipinski definition) is 6. The van der Waals surface area contributed by atoms with Crippen molar-refractivity contribution in [2.24, 2.45) is 13.0 Å². The molecule has 2 atom stereocenters. The van der Waals surface area contributed by atoms with E-state index < -0.39 is 24.0 Å². The number of carbonyl (C=O) groups excluding carboxylic acids is 3. The standard InChI is InChI=1S/C25H37Cl2N5O4.ClH/c1-6-36-25(35)21(13-16(2)3)30-24(34)20(28-17(4)33)15-23-29-19-14-18(7-8-22(19)31(23)5)32(11-9-26)12-10-27;/h7-8,14,16,20-21H,6,9-13,15H2,1-5H3,(H,28,33)(H,30,34);1H. The molecule has 0 aliphatic carbocycles. The van der Waals surface area contributed by atoms with Crippen LogP contribution >= 0.6 is 35.6 Å². The van der Waals surface area contributed by atoms with Crippen LogP contribution in [0, 0.1) is 5.92 Å². The van der Waals surface area contributed by atoms with Crippen LogP contribution in [0.2, 0.25) is 0 Å². The lowest BCUT2D eigenvalue weighted by atomic mass is 10.0. The number of nitrogens with zero attached hydrogens (tertiary/aromatic N) is 3. The maximum Gasteiger partial charge on any atom is 0.328 e. The highest BCUT2D eigenvalue weighted by Crippen LogP contribution is 2.23. The number of aryl methyl sites for hydroxylation is 1. The van der Waals surface area contributed by atoms with Gasteiger partial charge >= 0.3 is 5.97 Å². The molecule has 1 aromatic carbocycles. The third-order valence-corrected chi connectivity index (χ3v) is 6.04. The van der Waals surface area contributed by atoms with Crippen LogP contribution in [0.5, 0.6) is 0 Å². The molecule has 0 aliphatic heterocycles. The number of hydrogen-bond donors (Lipinski definition) is 2. The fraction of sp³-hybridized carbons (Fsp3) is 0.600. The molecule has 37 heavy (non-hydrogen) atoms. The molecule has 1 aromatic heterocycles. The summed E-state index contributed by atoms with van der Waals surface area (Å²) < 4.78 is 7.03. The second-order valence-electron chi connectivity index (χ2n) is 9.03. The van der Waals surface area contributed by atoms with E-state index in [4.69, 9.17) is 32.9 Å². The van der Waals surface area contributed by atoms with Gasteiger partial charge in [0.2, 0.25) is 11.8 Å². The SMILES string of the molecule is CCOC(=O)C(CC(C)C)NC(=O)C(Cc1nc2cc(N(CCCl)CCCl)ccc2n1C)NC(C)=O.Cl. The number of imidazole rings is 1. The minimum absolute atomic E-state index is 0. The number of rotatable bonds is 14. The van der Waals surface area contributed by atoms with E-state index in [1.807, 2.05) is 43.7 Å². The van der Waals surface area contributed by atoms with Crippen LogP contribution in [0.3, 0.4) is 0 Å². The number of benzene rings is 1. The van der Waals surface area contributed by atoms with Gasteiger partial charge in [-0.1, -0.05) is 13.8 Å². The Morgan fingerprint density at radius 3 is 2.30 bits per heavy atom. The Balaban J connectivity index is 0.00000684. The maximum absolute atomic E-state index is 13.2. The van der Waals surface area contributed by atoms with E-state index in [0.717, 1.165) is 16.7 Å². The van der Waals surface area contributed by atoms with Gasteiger partial charge in [0, 0.05) is 50.9 Å². The molecular weight excluding hydrogens is 541 g/mol. The second-order valence-corrected chi connectivity index (χ2v) is 9.78. The first kappa shape index (κ1) is 32.8. The Labute approximate surface area is 235 Å². The van der Waals surface area contributed by atoms with Crippen LogP contribution in [-0.4, -0.2) is 70.9 Å². The number of esters is 1. The highest BCUT2D eigenvalue weighted by Gasteiger charge is 2.29. The number of alkyl halides is 2. The molecule has 0 aliphatic rings. The Morgan fingerprint density at radius 2 is 1.76 bits per heavy atom. The van der Waals surface area contributed by atoms with Gasteiger partial charge in [0.1, 0.15) is 17.9 Å². The van der Waals surface area contributed by atoms with Crippen LogP contribution < -0.4 is 15.5 Å². The monoisotopic (exact) mass is 577 g/mol. The number of aromatic nitrogens is 2. The van der Waals surface area contributed by atoms with E-state index in [-0.39, 0.29) is 37.3 Å². The van der Waals surface area contributed by atoms with Crippen molar-refractivity contribution in [3.05, 3.63) is 24.0 Å². The van der Waals surface area contributed by atoms with Crippen molar-refractivity contribution in [1.82, 2.24) is 20.2 Å². The zero-order chi connectivity index (χ0) is 26.8. The lowest BCUT2D eigenvalue weighted by Gasteiger charge is -2.23. The third-order valence-electron chi connectivity index (χ3n) is 5.71. The highest BCUT2D eigenvalue weighted by molar-refractivity contribution is 6.18. The van der Waals surface area contributed by atoms with Crippen molar-refractivity contribution in [1.29, 1.82) is 0 Å². The number of anilines is 1. The van der Waals surface area contributed by atoms with E-state index in [1.165, 1.54) is 6.92 Å². The van der Waals surface area contributed by atoms with Crippen LogP contribution in [0.15, 0.2) is 18.2 Å². The molecule has 0 spiro atoms. The third kappa shape index (κ3) is 9.54. The lowest BCUT2D eigenvalue weighted by molar-refractivity contribution is -0.148. The Bertz CT molecular complexity index is 1040. The van der Waals surface area contributed by atoms with Gasteiger partial charge in [-0.25, -0.2) is 9.78 Å². The van der Waals surface area contributed by atoms with Crippen molar-refractivity contribution >= 4 is 70.1 Å². The number of carbonyl (C=O) groups is 3. The van der Waals surface area contributed by atoms with E-state index in [1.54, 1.807) is 6.92 Å². The van der Waals surface area contributed by atoms with Gasteiger partial charge in [-0.2, -0.15) is 0 Å². The summed E-state index contributed by atoms with van der Waals surface area (Å²) in [6.45, 7) is 8.50. The Hall–Kier alpha value is -2.23. The van der Waals surface area contributed by atoms with Crippen LogP contribution in [0.4, 0.5) is 5.69 Å². The zero-order valence-corrected chi connectivity index (χ0v) is 24.4. The summed E-state index contributed by atoms with van der Waals surface area (Å²) in [4.78, 5) is 44.3. The fourth-order valence-electron chi connectivity index (χ4n) is 4.03. The molecule has 0 radical (unpaired) electrons. The van der Waals surface area contributed by atoms with Gasteiger partial charge in [-0.15, -0.1) is 35.6 Å². The first-order chi connectivity index (χ1) is 17.1. The Kier molecular flexibility index (Phi) is 14.1. The van der Waals surface area contributed by atoms with E-state index in [9.17, 15) is 14.4 Å². The molecule has 208 valence electrons. The smallest absolute Gasteiger partial charge is 0.328 e. The molecule has 1 heterocycles. The van der Waals surface area contributed by atoms with Gasteiger partial charge in [0.05, 0.1) is 17.6 Å². The molecule has 0 bridgehead atoms. The van der Waals surface area contributed by atoms with Crippen LogP contribution in [0.1, 0.15) is 39.9 Å². The van der Waals surface area contributed by atoms with Crippen molar-refractivity contribution in [2.45, 2.75) is 52.6 Å². The molecule has 2 aromatic rings. The average molecular weight is 579 g/mol. The summed E-state index contributed by atoms with van der Waals surface area (Å²) in [5, 5.41) is 5.47. The van der Waals surface area contributed by atoms with Gasteiger partial charge in [0.15, 0.2) is 0 Å². The van der Waals surface area contributed by atoms with Crippen molar-refractivity contribution in [2.75, 3.05) is 36.4 Å². The van der Waals surface area contributed by atoms with Gasteiger partial charge in [-0.3, -0.25) is 9.59 Å². The first-order valence-electron chi connectivity index (χ1n) is 12.2. The molecule has 0 saturated heterocycles. The second kappa shape index (κ2) is 15.9. The van der Waals surface area contributed by atoms with Gasteiger partial charge < -0.3 is 24.8 Å². The summed E-state index contributed by atoms with van der Waals surface area (Å²) in [6.07, 6.45) is 0.573. The number of fused-ring (bicyclic) bond motifs is 1. The van der Waals surface area contributed by atoms with Gasteiger partial charge in [0.25, 0.3) is 0 Å². The predicted octanol–water partition coefficient (Wildman–Crippen LogP) is 3.42. The van der Waals surface area contributed by atoms with E-state index in [2.05, 4.69) is 15.5 Å². The number of amides is 2. The minimum atomic E-state index is -0.912. The van der Waals surface area contributed by atoms with E-state index >= 15 is 0 Å². The summed E-state index contributed by atoms with van der Waals surface area (Å²) in [5.74, 6) is 0.408.